The lowest BCUT2D eigenvalue weighted by atomic mass is 9.94. The summed E-state index contributed by atoms with van der Waals surface area (Å²) in [4.78, 5) is 36.9. The number of nitriles is 1. The van der Waals surface area contributed by atoms with E-state index in [4.69, 9.17) is 14.7 Å². The Bertz CT molecular complexity index is 1040. The van der Waals surface area contributed by atoms with Crippen molar-refractivity contribution in [2.45, 2.75) is 63.8 Å². The highest BCUT2D eigenvalue weighted by atomic mass is 16.5. The van der Waals surface area contributed by atoms with Crippen LogP contribution in [0.2, 0.25) is 0 Å². The maximum absolute atomic E-state index is 13.1. The number of hydrogen-bond acceptors (Lipinski definition) is 7. The maximum Gasteiger partial charge on any atom is 0.309 e. The summed E-state index contributed by atoms with van der Waals surface area (Å²) in [6, 6.07) is 9.78. The lowest BCUT2D eigenvalue weighted by Crippen LogP contribution is -2.41. The van der Waals surface area contributed by atoms with Crippen molar-refractivity contribution in [3.63, 3.8) is 0 Å². The second-order valence-electron chi connectivity index (χ2n) is 8.84. The van der Waals surface area contributed by atoms with E-state index in [9.17, 15) is 14.9 Å². The molecule has 1 aromatic heterocycles. The molecule has 0 unspecified atom stereocenters. The minimum Gasteiger partial charge on any atom is -0.466 e. The Kier molecular flexibility index (Phi) is 7.38. The minimum atomic E-state index is -1.04. The van der Waals surface area contributed by atoms with Gasteiger partial charge in [-0.1, -0.05) is 31.4 Å². The van der Waals surface area contributed by atoms with E-state index in [0.717, 1.165) is 25.7 Å². The molecule has 1 aliphatic carbocycles. The highest BCUT2D eigenvalue weighted by Crippen LogP contribution is 2.31. The van der Waals surface area contributed by atoms with Crippen LogP contribution in [0.3, 0.4) is 0 Å². The molecule has 1 amide bonds. The van der Waals surface area contributed by atoms with E-state index in [1.807, 2.05) is 36.1 Å². The molecule has 1 aromatic carbocycles. The van der Waals surface area contributed by atoms with Crippen LogP contribution in [0.4, 0.5) is 5.82 Å². The summed E-state index contributed by atoms with van der Waals surface area (Å²) in [5.74, 6) is -1.09. The predicted molar refractivity (Wildman–Crippen MR) is 124 cm³/mol. The molecule has 0 radical (unpaired) electrons. The molecule has 2 fully saturated rings. The summed E-state index contributed by atoms with van der Waals surface area (Å²) in [5.41, 5.74) is 1.76. The molecule has 2 aliphatic rings. The van der Waals surface area contributed by atoms with E-state index in [1.54, 1.807) is 0 Å². The first-order valence-electron chi connectivity index (χ1n) is 12.0. The number of nitrogens with one attached hydrogen (secondary N) is 1. The van der Waals surface area contributed by atoms with Crippen LogP contribution in [0.1, 0.15) is 63.5 Å². The van der Waals surface area contributed by atoms with Gasteiger partial charge < -0.3 is 15.0 Å². The lowest BCUT2D eigenvalue weighted by molar-refractivity contribution is -0.148. The first-order valence-corrected chi connectivity index (χ1v) is 12.0. The van der Waals surface area contributed by atoms with Crippen molar-refractivity contribution in [1.29, 1.82) is 5.26 Å². The molecule has 4 rings (SSSR count). The summed E-state index contributed by atoms with van der Waals surface area (Å²) in [7, 11) is 0. The number of para-hydroxylation sites is 2. The monoisotopic (exact) mass is 449 g/mol. The van der Waals surface area contributed by atoms with E-state index in [2.05, 4.69) is 11.4 Å². The molecule has 8 heteroatoms. The van der Waals surface area contributed by atoms with Gasteiger partial charge in [-0.2, -0.15) is 5.26 Å². The number of ether oxygens (including phenoxy) is 1. The number of amides is 1. The van der Waals surface area contributed by atoms with Crippen LogP contribution in [0.15, 0.2) is 24.3 Å². The summed E-state index contributed by atoms with van der Waals surface area (Å²) in [5, 5.41) is 13.1. The van der Waals surface area contributed by atoms with Crippen LogP contribution < -0.4 is 10.2 Å². The maximum atomic E-state index is 13.1. The van der Waals surface area contributed by atoms with E-state index in [-0.39, 0.29) is 23.8 Å². The van der Waals surface area contributed by atoms with Gasteiger partial charge in [0.15, 0.2) is 11.7 Å². The average molecular weight is 450 g/mol. The van der Waals surface area contributed by atoms with Crippen LogP contribution in [-0.2, 0) is 14.3 Å². The van der Waals surface area contributed by atoms with Gasteiger partial charge >= 0.3 is 5.97 Å². The second-order valence-corrected chi connectivity index (χ2v) is 8.84. The minimum absolute atomic E-state index is 0.110. The zero-order valence-electron chi connectivity index (χ0n) is 19.1. The number of nitrogens with zero attached hydrogens (tertiary/aromatic N) is 4. The Balaban J connectivity index is 1.61. The summed E-state index contributed by atoms with van der Waals surface area (Å²) < 4.78 is 5.18. The van der Waals surface area contributed by atoms with Crippen LogP contribution in [-0.4, -0.2) is 47.6 Å². The van der Waals surface area contributed by atoms with Crippen molar-refractivity contribution in [1.82, 2.24) is 15.3 Å². The Morgan fingerprint density at radius 3 is 2.42 bits per heavy atom. The summed E-state index contributed by atoms with van der Waals surface area (Å²) in [6.07, 6.45) is 6.55. The zero-order chi connectivity index (χ0) is 23.2. The molecule has 1 atom stereocenters. The Morgan fingerprint density at radius 1 is 1.12 bits per heavy atom. The van der Waals surface area contributed by atoms with Crippen molar-refractivity contribution in [3.05, 3.63) is 30.0 Å². The third kappa shape index (κ3) is 5.24. The second kappa shape index (κ2) is 10.6. The van der Waals surface area contributed by atoms with Gasteiger partial charge in [-0.05, 0) is 44.7 Å². The van der Waals surface area contributed by atoms with Crippen molar-refractivity contribution in [2.24, 2.45) is 5.92 Å². The topological polar surface area (TPSA) is 108 Å². The van der Waals surface area contributed by atoms with Crippen LogP contribution in [0, 0.1) is 17.2 Å². The number of carbonyl (C=O) groups excluding carboxylic acids is 2. The molecule has 1 aliphatic heterocycles. The SMILES string of the molecule is CCOC(=O)C1CCN(c2nc3ccccc3nc2[C@@H](C#N)C(=O)NC2CCCCC2)CC1. The van der Waals surface area contributed by atoms with Crippen LogP contribution in [0.5, 0.6) is 0 Å². The van der Waals surface area contributed by atoms with Crippen molar-refractivity contribution in [3.8, 4) is 6.07 Å². The number of benzene rings is 1. The van der Waals surface area contributed by atoms with E-state index >= 15 is 0 Å². The standard InChI is InChI=1S/C25H31N5O3/c1-2-33-25(32)17-12-14-30(15-13-17)23-22(28-20-10-6-7-11-21(20)29-23)19(16-26)24(31)27-18-8-4-3-5-9-18/h6-7,10-11,17-19H,2-5,8-9,12-15H2,1H3,(H,27,31)/t19-/m1/s1. The van der Waals surface area contributed by atoms with E-state index < -0.39 is 5.92 Å². The number of esters is 1. The lowest BCUT2D eigenvalue weighted by Gasteiger charge is -2.33. The van der Waals surface area contributed by atoms with Gasteiger partial charge in [0, 0.05) is 19.1 Å². The molecule has 1 saturated carbocycles. The summed E-state index contributed by atoms with van der Waals surface area (Å²) in [6.45, 7) is 3.36. The quantitative estimate of drug-likeness (QED) is 0.673. The molecule has 2 heterocycles. The fraction of sp³-hybridized carbons (Fsp3) is 0.560. The number of anilines is 1. The van der Waals surface area contributed by atoms with Crippen molar-refractivity contribution < 1.29 is 14.3 Å². The molecule has 0 bridgehead atoms. The molecule has 174 valence electrons. The third-order valence-electron chi connectivity index (χ3n) is 6.61. The fourth-order valence-corrected chi connectivity index (χ4v) is 4.79. The molecule has 33 heavy (non-hydrogen) atoms. The number of hydrogen-bond donors (Lipinski definition) is 1. The molecule has 0 spiro atoms. The highest BCUT2D eigenvalue weighted by Gasteiger charge is 2.33. The molecular weight excluding hydrogens is 418 g/mol. The number of carbonyl (C=O) groups is 2. The smallest absolute Gasteiger partial charge is 0.309 e. The first-order chi connectivity index (χ1) is 16.1. The van der Waals surface area contributed by atoms with Gasteiger partial charge in [-0.15, -0.1) is 0 Å². The van der Waals surface area contributed by atoms with Gasteiger partial charge in [0.1, 0.15) is 5.69 Å². The van der Waals surface area contributed by atoms with Gasteiger partial charge in [-0.25, -0.2) is 9.97 Å². The Hall–Kier alpha value is -3.21. The first kappa shape index (κ1) is 23.0. The summed E-state index contributed by atoms with van der Waals surface area (Å²) >= 11 is 0. The number of piperidine rings is 1. The van der Waals surface area contributed by atoms with Gasteiger partial charge in [0.05, 0.1) is 29.6 Å². The molecule has 2 aromatic rings. The highest BCUT2D eigenvalue weighted by molar-refractivity contribution is 5.89. The van der Waals surface area contributed by atoms with E-state index in [1.165, 1.54) is 6.42 Å². The Morgan fingerprint density at radius 2 is 1.79 bits per heavy atom. The number of aromatic nitrogens is 2. The van der Waals surface area contributed by atoms with Gasteiger partial charge in [0.2, 0.25) is 5.91 Å². The Labute approximate surface area is 194 Å². The van der Waals surface area contributed by atoms with Crippen molar-refractivity contribution >= 4 is 28.7 Å². The normalized spacial score (nSPS) is 18.5. The molecule has 1 N–H and O–H groups in total. The fourth-order valence-electron chi connectivity index (χ4n) is 4.79. The van der Waals surface area contributed by atoms with Gasteiger partial charge in [-0.3, -0.25) is 9.59 Å². The largest absolute Gasteiger partial charge is 0.466 e. The molecular formula is C25H31N5O3. The predicted octanol–water partition coefficient (Wildman–Crippen LogP) is 3.47. The van der Waals surface area contributed by atoms with Gasteiger partial charge in [0.25, 0.3) is 0 Å². The third-order valence-corrected chi connectivity index (χ3v) is 6.61. The average Bonchev–Trinajstić information content (AvgIpc) is 2.85. The van der Waals surface area contributed by atoms with E-state index in [0.29, 0.717) is 55.1 Å². The van der Waals surface area contributed by atoms with Crippen molar-refractivity contribution in [2.75, 3.05) is 24.6 Å². The van der Waals surface area contributed by atoms with Crippen LogP contribution in [0.25, 0.3) is 11.0 Å². The zero-order valence-corrected chi connectivity index (χ0v) is 19.1. The van der Waals surface area contributed by atoms with Crippen LogP contribution >= 0.6 is 0 Å². The molecule has 1 saturated heterocycles. The molecule has 8 nitrogen and oxygen atoms in total. The number of fused-ring (bicyclic) bond motifs is 1. The number of rotatable bonds is 6.